The second-order valence-corrected chi connectivity index (χ2v) is 13.0. The molecule has 0 radical (unpaired) electrons. The van der Waals surface area contributed by atoms with Gasteiger partial charge in [-0.25, -0.2) is 9.97 Å². The minimum absolute atomic E-state index is 0.666. The van der Waals surface area contributed by atoms with E-state index in [4.69, 9.17) is 9.97 Å². The molecule has 0 aliphatic heterocycles. The van der Waals surface area contributed by atoms with Crippen molar-refractivity contribution in [3.05, 3.63) is 170 Å². The zero-order chi connectivity index (χ0) is 32.8. The Kier molecular flexibility index (Phi) is 5.63. The van der Waals surface area contributed by atoms with E-state index in [-0.39, 0.29) is 0 Å². The molecule has 50 heavy (non-hydrogen) atoms. The molecule has 0 saturated carbocycles. The van der Waals surface area contributed by atoms with Crippen LogP contribution in [0.1, 0.15) is 0 Å². The van der Waals surface area contributed by atoms with Crippen molar-refractivity contribution >= 4 is 76.1 Å². The molecule has 3 heterocycles. The van der Waals surface area contributed by atoms with Crippen LogP contribution < -0.4 is 0 Å². The largest absolute Gasteiger partial charge is 0.309 e. The van der Waals surface area contributed by atoms with Crippen LogP contribution in [0, 0.1) is 0 Å². The average Bonchev–Trinajstić information content (AvgIpc) is 3.67. The summed E-state index contributed by atoms with van der Waals surface area (Å²) in [5.41, 5.74) is 8.65. The lowest BCUT2D eigenvalue weighted by Crippen LogP contribution is -2.03. The Hall–Kier alpha value is -6.78. The molecule has 0 unspecified atom stereocenters. The molecule has 0 aliphatic carbocycles. The number of fused-ring (bicyclic) bond motifs is 9. The molecule has 232 valence electrons. The molecule has 11 aromatic rings. The summed E-state index contributed by atoms with van der Waals surface area (Å²) in [4.78, 5) is 10.7. The van der Waals surface area contributed by atoms with Crippen LogP contribution in [0.25, 0.3) is 99.0 Å². The quantitative estimate of drug-likeness (QED) is 0.193. The number of benzene rings is 8. The van der Waals surface area contributed by atoms with E-state index in [9.17, 15) is 0 Å². The number of aromatic nitrogens is 4. The highest BCUT2D eigenvalue weighted by atomic mass is 15.2. The lowest BCUT2D eigenvalue weighted by atomic mass is 9.97. The van der Waals surface area contributed by atoms with Crippen molar-refractivity contribution in [2.75, 3.05) is 0 Å². The average molecular weight is 637 g/mol. The topological polar surface area (TPSA) is 35.6 Å². The van der Waals surface area contributed by atoms with E-state index in [1.54, 1.807) is 0 Å². The van der Waals surface area contributed by atoms with E-state index in [2.05, 4.69) is 179 Å². The fraction of sp³-hybridized carbons (Fsp3) is 0. The van der Waals surface area contributed by atoms with E-state index in [1.807, 2.05) is 0 Å². The number of rotatable bonds is 3. The summed E-state index contributed by atoms with van der Waals surface area (Å²) in [6.07, 6.45) is 0. The molecule has 0 bridgehead atoms. The molecule has 4 heteroatoms. The molecule has 3 aromatic heterocycles. The smallest absolute Gasteiger partial charge is 0.235 e. The highest BCUT2D eigenvalue weighted by molar-refractivity contribution is 6.17. The van der Waals surface area contributed by atoms with E-state index >= 15 is 0 Å². The molecule has 11 rings (SSSR count). The Bertz CT molecular complexity index is 3150. The molecular formula is C46H28N4. The Morgan fingerprint density at radius 1 is 0.340 bits per heavy atom. The van der Waals surface area contributed by atoms with Crippen molar-refractivity contribution < 1.29 is 0 Å². The van der Waals surface area contributed by atoms with Crippen LogP contribution in [-0.4, -0.2) is 19.1 Å². The van der Waals surface area contributed by atoms with Gasteiger partial charge < -0.3 is 4.57 Å². The van der Waals surface area contributed by atoms with Gasteiger partial charge in [0.25, 0.3) is 0 Å². The van der Waals surface area contributed by atoms with Crippen molar-refractivity contribution in [2.24, 2.45) is 0 Å². The molecule has 8 aromatic carbocycles. The summed E-state index contributed by atoms with van der Waals surface area (Å²) >= 11 is 0. The van der Waals surface area contributed by atoms with E-state index < -0.39 is 0 Å². The molecule has 0 atom stereocenters. The molecule has 4 nitrogen and oxygen atoms in total. The monoisotopic (exact) mass is 636 g/mol. The summed E-state index contributed by atoms with van der Waals surface area (Å²) in [5.74, 6) is 0.666. The van der Waals surface area contributed by atoms with Crippen molar-refractivity contribution in [3.63, 3.8) is 0 Å². The second kappa shape index (κ2) is 10.4. The second-order valence-electron chi connectivity index (χ2n) is 13.0. The SMILES string of the molecule is c1ccc(-n2c3ccccc3c3cc4c(-c5nc(-n6c7ccccc7c7cc8ccccc8cc76)nc6ccccc56)cccc4cc32)cc1. The fourth-order valence-corrected chi connectivity index (χ4v) is 8.04. The zero-order valence-corrected chi connectivity index (χ0v) is 27.0. The Morgan fingerprint density at radius 3 is 1.72 bits per heavy atom. The molecule has 0 saturated heterocycles. The van der Waals surface area contributed by atoms with Crippen molar-refractivity contribution in [3.8, 4) is 22.9 Å². The third kappa shape index (κ3) is 3.87. The fourth-order valence-electron chi connectivity index (χ4n) is 8.04. The van der Waals surface area contributed by atoms with Gasteiger partial charge in [-0.3, -0.25) is 4.57 Å². The summed E-state index contributed by atoms with van der Waals surface area (Å²) in [7, 11) is 0. The van der Waals surface area contributed by atoms with Crippen molar-refractivity contribution in [1.29, 1.82) is 0 Å². The first-order valence-corrected chi connectivity index (χ1v) is 17.0. The lowest BCUT2D eigenvalue weighted by Gasteiger charge is -2.14. The Balaban J connectivity index is 1.22. The number of hydrogen-bond acceptors (Lipinski definition) is 2. The Morgan fingerprint density at radius 2 is 0.920 bits per heavy atom. The summed E-state index contributed by atoms with van der Waals surface area (Å²) in [5, 5.41) is 10.6. The third-order valence-electron chi connectivity index (χ3n) is 10.3. The van der Waals surface area contributed by atoms with Gasteiger partial charge in [0.1, 0.15) is 0 Å². The molecule has 0 fully saturated rings. The number of para-hydroxylation sites is 4. The summed E-state index contributed by atoms with van der Waals surface area (Å²) in [6, 6.07) is 60.7. The predicted molar refractivity (Wildman–Crippen MR) is 209 cm³/mol. The van der Waals surface area contributed by atoms with Crippen LogP contribution in [0.15, 0.2) is 170 Å². The van der Waals surface area contributed by atoms with Gasteiger partial charge in [0.2, 0.25) is 5.95 Å². The minimum atomic E-state index is 0.666. The van der Waals surface area contributed by atoms with E-state index in [1.165, 1.54) is 54.1 Å². The van der Waals surface area contributed by atoms with Crippen LogP contribution in [-0.2, 0) is 0 Å². The normalized spacial score (nSPS) is 12.0. The Labute approximate surface area is 287 Å². The molecule has 0 spiro atoms. The van der Waals surface area contributed by atoms with Gasteiger partial charge in [-0.1, -0.05) is 115 Å². The highest BCUT2D eigenvalue weighted by Gasteiger charge is 2.20. The van der Waals surface area contributed by atoms with Crippen LogP contribution in [0.3, 0.4) is 0 Å². The molecule has 0 N–H and O–H groups in total. The van der Waals surface area contributed by atoms with Crippen LogP contribution in [0.2, 0.25) is 0 Å². The molecule has 0 aliphatic rings. The van der Waals surface area contributed by atoms with Crippen LogP contribution in [0.5, 0.6) is 0 Å². The standard InChI is InChI=1S/C46H28N4/c1-2-16-32(17-3-1)49-41-23-10-7-19-34(41)39-28-37-31(27-43(39)49)15-12-21-35(37)45-36-20-6-9-22-40(36)47-46(48-45)50-42-24-11-8-18-33(42)38-25-29-13-4-5-14-30(29)26-44(38)50/h1-28H. The van der Waals surface area contributed by atoms with Crippen molar-refractivity contribution in [2.45, 2.75) is 0 Å². The van der Waals surface area contributed by atoms with Gasteiger partial charge in [0.05, 0.1) is 33.3 Å². The maximum absolute atomic E-state index is 5.49. The van der Waals surface area contributed by atoms with Crippen molar-refractivity contribution in [1.82, 2.24) is 19.1 Å². The summed E-state index contributed by atoms with van der Waals surface area (Å²) in [6.45, 7) is 0. The van der Waals surface area contributed by atoms with E-state index in [0.717, 1.165) is 38.9 Å². The van der Waals surface area contributed by atoms with Gasteiger partial charge >= 0.3 is 0 Å². The van der Waals surface area contributed by atoms with Crippen LogP contribution in [0.4, 0.5) is 0 Å². The first kappa shape index (κ1) is 27.2. The van der Waals surface area contributed by atoms with Gasteiger partial charge in [0.15, 0.2) is 0 Å². The minimum Gasteiger partial charge on any atom is -0.309 e. The van der Waals surface area contributed by atoms with Gasteiger partial charge in [-0.15, -0.1) is 0 Å². The first-order chi connectivity index (χ1) is 24.8. The molecular weight excluding hydrogens is 609 g/mol. The number of nitrogens with zero attached hydrogens (tertiary/aromatic N) is 4. The maximum atomic E-state index is 5.49. The first-order valence-electron chi connectivity index (χ1n) is 17.0. The maximum Gasteiger partial charge on any atom is 0.235 e. The third-order valence-corrected chi connectivity index (χ3v) is 10.3. The predicted octanol–water partition coefficient (Wildman–Crippen LogP) is 11.8. The number of hydrogen-bond donors (Lipinski definition) is 0. The van der Waals surface area contributed by atoms with Gasteiger partial charge in [0, 0.05) is 38.2 Å². The zero-order valence-electron chi connectivity index (χ0n) is 27.0. The highest BCUT2D eigenvalue weighted by Crippen LogP contribution is 2.40. The van der Waals surface area contributed by atoms with Gasteiger partial charge in [-0.05, 0) is 76.1 Å². The lowest BCUT2D eigenvalue weighted by molar-refractivity contribution is 1.01. The van der Waals surface area contributed by atoms with Gasteiger partial charge in [-0.2, -0.15) is 0 Å². The van der Waals surface area contributed by atoms with Crippen LogP contribution >= 0.6 is 0 Å². The van der Waals surface area contributed by atoms with E-state index in [0.29, 0.717) is 5.95 Å². The molecule has 0 amide bonds. The summed E-state index contributed by atoms with van der Waals surface area (Å²) < 4.78 is 4.62.